The Bertz CT molecular complexity index is 427. The van der Waals surface area contributed by atoms with Crippen LogP contribution in [-0.2, 0) is 0 Å². The molecular formula is C10H12N4O. The van der Waals surface area contributed by atoms with Gasteiger partial charge in [0.05, 0.1) is 13.2 Å². The highest BCUT2D eigenvalue weighted by atomic mass is 16.5. The Hall–Kier alpha value is -1.88. The molecule has 0 saturated carbocycles. The average Bonchev–Trinajstić information content (AvgIpc) is 2.81. The van der Waals surface area contributed by atoms with Crippen molar-refractivity contribution in [2.24, 2.45) is 5.73 Å². The van der Waals surface area contributed by atoms with Crippen LogP contribution < -0.4 is 10.5 Å². The zero-order valence-corrected chi connectivity index (χ0v) is 8.34. The van der Waals surface area contributed by atoms with Gasteiger partial charge in [-0.25, -0.2) is 4.98 Å². The van der Waals surface area contributed by atoms with Crippen molar-refractivity contribution in [1.82, 2.24) is 15.2 Å². The number of methoxy groups -OCH3 is 1. The lowest BCUT2D eigenvalue weighted by Gasteiger charge is -2.09. The Kier molecular flexibility index (Phi) is 2.64. The molecule has 3 N–H and O–H groups in total. The number of H-pyrrole nitrogens is 1. The minimum absolute atomic E-state index is 0.303. The van der Waals surface area contributed by atoms with Gasteiger partial charge in [-0.1, -0.05) is 12.1 Å². The number of benzene rings is 1. The van der Waals surface area contributed by atoms with Crippen LogP contribution in [0.4, 0.5) is 0 Å². The third-order valence-corrected chi connectivity index (χ3v) is 2.18. The van der Waals surface area contributed by atoms with E-state index in [0.717, 1.165) is 11.3 Å². The molecule has 1 aromatic heterocycles. The van der Waals surface area contributed by atoms with Crippen LogP contribution in [0.25, 0.3) is 0 Å². The summed E-state index contributed by atoms with van der Waals surface area (Å²) in [5.41, 5.74) is 6.93. The standard InChI is InChI=1S/C10H12N4O/c1-15-8-4-2-3-7(5-8)9(11)10-12-6-13-14-10/h2-6,9H,11H2,1H3,(H,12,13,14). The normalized spacial score (nSPS) is 12.4. The van der Waals surface area contributed by atoms with E-state index in [0.29, 0.717) is 5.82 Å². The number of ether oxygens (including phenoxy) is 1. The first kappa shape index (κ1) is 9.67. The molecule has 0 bridgehead atoms. The first-order chi connectivity index (χ1) is 7.31. The number of nitrogens with two attached hydrogens (primary N) is 1. The van der Waals surface area contributed by atoms with Crippen LogP contribution >= 0.6 is 0 Å². The van der Waals surface area contributed by atoms with E-state index in [1.165, 1.54) is 6.33 Å². The third kappa shape index (κ3) is 1.97. The molecule has 78 valence electrons. The van der Waals surface area contributed by atoms with E-state index in [1.54, 1.807) is 7.11 Å². The second kappa shape index (κ2) is 4.10. The molecular weight excluding hydrogens is 192 g/mol. The van der Waals surface area contributed by atoms with E-state index in [9.17, 15) is 0 Å². The summed E-state index contributed by atoms with van der Waals surface area (Å²) in [6, 6.07) is 7.27. The summed E-state index contributed by atoms with van der Waals surface area (Å²) < 4.78 is 5.12. The van der Waals surface area contributed by atoms with Gasteiger partial charge in [0, 0.05) is 0 Å². The lowest BCUT2D eigenvalue weighted by Crippen LogP contribution is -2.13. The number of aromatic amines is 1. The zero-order chi connectivity index (χ0) is 10.7. The van der Waals surface area contributed by atoms with Gasteiger partial charge in [0.15, 0.2) is 0 Å². The number of hydrogen-bond acceptors (Lipinski definition) is 4. The smallest absolute Gasteiger partial charge is 0.145 e. The topological polar surface area (TPSA) is 76.8 Å². The monoisotopic (exact) mass is 204 g/mol. The molecule has 1 unspecified atom stereocenters. The second-order valence-corrected chi connectivity index (χ2v) is 3.12. The molecule has 0 amide bonds. The van der Waals surface area contributed by atoms with Gasteiger partial charge in [0.25, 0.3) is 0 Å². The first-order valence-corrected chi connectivity index (χ1v) is 4.56. The minimum atomic E-state index is -0.303. The number of aromatic nitrogens is 3. The maximum absolute atomic E-state index is 6.00. The Morgan fingerprint density at radius 1 is 1.47 bits per heavy atom. The van der Waals surface area contributed by atoms with Crippen molar-refractivity contribution in [3.8, 4) is 5.75 Å². The minimum Gasteiger partial charge on any atom is -0.497 e. The Labute approximate surface area is 87.3 Å². The average molecular weight is 204 g/mol. The molecule has 1 atom stereocenters. The van der Waals surface area contributed by atoms with Crippen LogP contribution in [0, 0.1) is 0 Å². The third-order valence-electron chi connectivity index (χ3n) is 2.18. The lowest BCUT2D eigenvalue weighted by molar-refractivity contribution is 0.414. The van der Waals surface area contributed by atoms with E-state index in [2.05, 4.69) is 15.2 Å². The maximum atomic E-state index is 6.00. The molecule has 0 radical (unpaired) electrons. The SMILES string of the molecule is COc1cccc(C(N)c2ncn[nH]2)c1. The van der Waals surface area contributed by atoms with Crippen molar-refractivity contribution in [2.75, 3.05) is 7.11 Å². The molecule has 15 heavy (non-hydrogen) atoms. The number of nitrogens with zero attached hydrogens (tertiary/aromatic N) is 2. The van der Waals surface area contributed by atoms with Crippen LogP contribution in [0.5, 0.6) is 5.75 Å². The Balaban J connectivity index is 2.29. The molecule has 0 aliphatic heterocycles. The van der Waals surface area contributed by atoms with Crippen molar-refractivity contribution < 1.29 is 4.74 Å². The quantitative estimate of drug-likeness (QED) is 0.777. The van der Waals surface area contributed by atoms with Crippen LogP contribution in [0.1, 0.15) is 17.4 Å². The summed E-state index contributed by atoms with van der Waals surface area (Å²) in [5.74, 6) is 1.42. The van der Waals surface area contributed by atoms with E-state index in [4.69, 9.17) is 10.5 Å². The fourth-order valence-corrected chi connectivity index (χ4v) is 1.36. The highest BCUT2D eigenvalue weighted by molar-refractivity contribution is 5.32. The predicted molar refractivity (Wildman–Crippen MR) is 55.4 cm³/mol. The van der Waals surface area contributed by atoms with E-state index in [1.807, 2.05) is 24.3 Å². The molecule has 5 nitrogen and oxygen atoms in total. The summed E-state index contributed by atoms with van der Waals surface area (Å²) in [5, 5.41) is 6.51. The molecule has 1 aromatic carbocycles. The van der Waals surface area contributed by atoms with E-state index < -0.39 is 0 Å². The summed E-state index contributed by atoms with van der Waals surface area (Å²) >= 11 is 0. The maximum Gasteiger partial charge on any atom is 0.145 e. The molecule has 0 aliphatic carbocycles. The fraction of sp³-hybridized carbons (Fsp3) is 0.200. The van der Waals surface area contributed by atoms with Gasteiger partial charge in [-0.2, -0.15) is 5.10 Å². The van der Waals surface area contributed by atoms with Gasteiger partial charge in [-0.3, -0.25) is 5.10 Å². The van der Waals surface area contributed by atoms with Crippen molar-refractivity contribution in [2.45, 2.75) is 6.04 Å². The molecule has 0 aliphatic rings. The van der Waals surface area contributed by atoms with Crippen molar-refractivity contribution in [3.05, 3.63) is 42.0 Å². The Morgan fingerprint density at radius 2 is 2.33 bits per heavy atom. The van der Waals surface area contributed by atoms with Crippen LogP contribution in [0.2, 0.25) is 0 Å². The van der Waals surface area contributed by atoms with Gasteiger partial charge in [-0.05, 0) is 17.7 Å². The molecule has 5 heteroatoms. The van der Waals surface area contributed by atoms with Crippen molar-refractivity contribution in [3.63, 3.8) is 0 Å². The van der Waals surface area contributed by atoms with Crippen molar-refractivity contribution in [1.29, 1.82) is 0 Å². The molecule has 2 aromatic rings. The molecule has 2 rings (SSSR count). The second-order valence-electron chi connectivity index (χ2n) is 3.12. The van der Waals surface area contributed by atoms with Gasteiger partial charge in [0.1, 0.15) is 17.9 Å². The summed E-state index contributed by atoms with van der Waals surface area (Å²) in [6.45, 7) is 0. The molecule has 0 fully saturated rings. The van der Waals surface area contributed by atoms with Crippen LogP contribution in [-0.4, -0.2) is 22.3 Å². The van der Waals surface area contributed by atoms with Gasteiger partial charge < -0.3 is 10.5 Å². The van der Waals surface area contributed by atoms with E-state index in [-0.39, 0.29) is 6.04 Å². The molecule has 1 heterocycles. The van der Waals surface area contributed by atoms with Gasteiger partial charge in [0.2, 0.25) is 0 Å². The van der Waals surface area contributed by atoms with Crippen LogP contribution in [0.3, 0.4) is 0 Å². The predicted octanol–water partition coefficient (Wildman–Crippen LogP) is 0.861. The van der Waals surface area contributed by atoms with Crippen molar-refractivity contribution >= 4 is 0 Å². The summed E-state index contributed by atoms with van der Waals surface area (Å²) in [6.07, 6.45) is 1.44. The fourth-order valence-electron chi connectivity index (χ4n) is 1.36. The lowest BCUT2D eigenvalue weighted by atomic mass is 10.1. The highest BCUT2D eigenvalue weighted by Crippen LogP contribution is 2.20. The van der Waals surface area contributed by atoms with Crippen LogP contribution in [0.15, 0.2) is 30.6 Å². The van der Waals surface area contributed by atoms with Gasteiger partial charge >= 0.3 is 0 Å². The van der Waals surface area contributed by atoms with Gasteiger partial charge in [-0.15, -0.1) is 0 Å². The Morgan fingerprint density at radius 3 is 3.00 bits per heavy atom. The summed E-state index contributed by atoms with van der Waals surface area (Å²) in [7, 11) is 1.62. The largest absolute Gasteiger partial charge is 0.497 e. The number of hydrogen-bond donors (Lipinski definition) is 2. The zero-order valence-electron chi connectivity index (χ0n) is 8.34. The first-order valence-electron chi connectivity index (χ1n) is 4.56. The van der Waals surface area contributed by atoms with E-state index >= 15 is 0 Å². The highest BCUT2D eigenvalue weighted by Gasteiger charge is 2.11. The molecule has 0 spiro atoms. The summed E-state index contributed by atoms with van der Waals surface area (Å²) in [4.78, 5) is 4.02. The number of rotatable bonds is 3. The molecule has 0 saturated heterocycles. The number of nitrogens with one attached hydrogen (secondary N) is 1.